The first-order valence-electron chi connectivity index (χ1n) is 11.9. The van der Waals surface area contributed by atoms with Crippen LogP contribution in [0.1, 0.15) is 71.6 Å². The van der Waals surface area contributed by atoms with Gasteiger partial charge in [0.25, 0.3) is 0 Å². The fourth-order valence-electron chi connectivity index (χ4n) is 5.31. The molecule has 0 aromatic carbocycles. The van der Waals surface area contributed by atoms with Crippen LogP contribution in [0.5, 0.6) is 0 Å². The Bertz CT molecular complexity index is 545. The van der Waals surface area contributed by atoms with E-state index in [1.807, 2.05) is 6.92 Å². The lowest BCUT2D eigenvalue weighted by molar-refractivity contribution is -0.0333. The summed E-state index contributed by atoms with van der Waals surface area (Å²) in [5.41, 5.74) is 0.198. The Morgan fingerprint density at radius 3 is 2.59 bits per heavy atom. The third-order valence-electron chi connectivity index (χ3n) is 6.97. The summed E-state index contributed by atoms with van der Waals surface area (Å²) in [7, 11) is -0.689. The second kappa shape index (κ2) is 11.7. The van der Waals surface area contributed by atoms with Crippen molar-refractivity contribution >= 4 is 16.8 Å². The average molecular weight is 427 g/mol. The summed E-state index contributed by atoms with van der Waals surface area (Å²) >= 11 is 0. The largest absolute Gasteiger partial charge is 0.379 e. The van der Waals surface area contributed by atoms with Crippen LogP contribution in [0.4, 0.5) is 0 Å². The number of rotatable bonds is 7. The maximum atomic E-state index is 12.3. The molecule has 0 amide bonds. The Hall–Kier alpha value is -0.660. The van der Waals surface area contributed by atoms with E-state index in [2.05, 4.69) is 22.5 Å². The van der Waals surface area contributed by atoms with Crippen LogP contribution in [0.2, 0.25) is 0 Å². The Balaban J connectivity index is 1.65. The van der Waals surface area contributed by atoms with Crippen molar-refractivity contribution in [3.63, 3.8) is 0 Å². The lowest BCUT2D eigenvalue weighted by Gasteiger charge is -2.47. The van der Waals surface area contributed by atoms with E-state index in [4.69, 9.17) is 9.73 Å². The number of aliphatic imine (C=N–C) groups is 1. The Morgan fingerprint density at radius 2 is 1.90 bits per heavy atom. The maximum absolute atomic E-state index is 12.3. The number of guanidine groups is 1. The SMILES string of the molecule is CCNC(=NCC1(N2CCOCC2)CCCCC1)NC1CCCC(S(=O)CC)C1. The normalized spacial score (nSPS) is 29.9. The molecule has 3 rings (SSSR count). The van der Waals surface area contributed by atoms with Gasteiger partial charge in [0.15, 0.2) is 5.96 Å². The van der Waals surface area contributed by atoms with Gasteiger partial charge in [0.1, 0.15) is 0 Å². The van der Waals surface area contributed by atoms with Crippen LogP contribution in [0.3, 0.4) is 0 Å². The molecule has 0 aromatic heterocycles. The molecule has 2 aliphatic carbocycles. The predicted octanol–water partition coefficient (Wildman–Crippen LogP) is 2.66. The first-order valence-corrected chi connectivity index (χ1v) is 13.3. The first-order chi connectivity index (χ1) is 14.2. The van der Waals surface area contributed by atoms with Gasteiger partial charge in [0, 0.05) is 53.0 Å². The molecule has 3 unspecified atom stereocenters. The molecular formula is C22H42N4O2S. The van der Waals surface area contributed by atoms with Crippen LogP contribution < -0.4 is 10.6 Å². The molecule has 1 heterocycles. The van der Waals surface area contributed by atoms with Gasteiger partial charge < -0.3 is 15.4 Å². The standard InChI is InChI=1S/C22H42N4O2S/c1-3-23-21(25-19-9-8-10-20(17-19)29(27)4-2)24-18-22(11-6-5-7-12-22)26-13-15-28-16-14-26/h19-20H,3-18H2,1-2H3,(H2,23,24,25). The molecule has 1 aliphatic heterocycles. The zero-order chi connectivity index (χ0) is 20.5. The van der Waals surface area contributed by atoms with Crippen LogP contribution in [0.25, 0.3) is 0 Å². The molecule has 0 aromatic rings. The Kier molecular flexibility index (Phi) is 9.25. The summed E-state index contributed by atoms with van der Waals surface area (Å²) < 4.78 is 17.9. The lowest BCUT2D eigenvalue weighted by Crippen LogP contribution is -2.57. The smallest absolute Gasteiger partial charge is 0.191 e. The molecular weight excluding hydrogens is 384 g/mol. The van der Waals surface area contributed by atoms with Crippen molar-refractivity contribution in [3.8, 4) is 0 Å². The predicted molar refractivity (Wildman–Crippen MR) is 122 cm³/mol. The van der Waals surface area contributed by atoms with E-state index in [0.717, 1.165) is 76.8 Å². The van der Waals surface area contributed by atoms with Gasteiger partial charge in [0.2, 0.25) is 0 Å². The van der Waals surface area contributed by atoms with Gasteiger partial charge in [-0.1, -0.05) is 32.6 Å². The van der Waals surface area contributed by atoms with Gasteiger partial charge in [-0.05, 0) is 39.0 Å². The fraction of sp³-hybridized carbons (Fsp3) is 0.955. The van der Waals surface area contributed by atoms with Gasteiger partial charge in [-0.3, -0.25) is 14.1 Å². The second-order valence-electron chi connectivity index (χ2n) is 8.88. The van der Waals surface area contributed by atoms with Crippen molar-refractivity contribution < 1.29 is 8.95 Å². The topological polar surface area (TPSA) is 66.0 Å². The zero-order valence-corrected chi connectivity index (χ0v) is 19.4. The minimum absolute atomic E-state index is 0.198. The molecule has 0 radical (unpaired) electrons. The molecule has 1 saturated heterocycles. The molecule has 29 heavy (non-hydrogen) atoms. The lowest BCUT2D eigenvalue weighted by atomic mass is 9.80. The van der Waals surface area contributed by atoms with Crippen LogP contribution in [-0.4, -0.2) is 77.0 Å². The monoisotopic (exact) mass is 426 g/mol. The molecule has 6 nitrogen and oxygen atoms in total. The summed E-state index contributed by atoms with van der Waals surface area (Å²) in [6.07, 6.45) is 10.9. The van der Waals surface area contributed by atoms with E-state index in [1.54, 1.807) is 0 Å². The van der Waals surface area contributed by atoms with Gasteiger partial charge >= 0.3 is 0 Å². The molecule has 3 aliphatic rings. The number of nitrogens with one attached hydrogen (secondary N) is 2. The van der Waals surface area contributed by atoms with E-state index >= 15 is 0 Å². The van der Waals surface area contributed by atoms with Gasteiger partial charge in [0.05, 0.1) is 19.8 Å². The third-order valence-corrected chi connectivity index (χ3v) is 8.71. The van der Waals surface area contributed by atoms with Crippen molar-refractivity contribution in [2.75, 3.05) is 45.1 Å². The van der Waals surface area contributed by atoms with Crippen LogP contribution in [0, 0.1) is 0 Å². The van der Waals surface area contributed by atoms with E-state index < -0.39 is 10.8 Å². The number of ether oxygens (including phenoxy) is 1. The van der Waals surface area contributed by atoms with E-state index in [0.29, 0.717) is 11.3 Å². The van der Waals surface area contributed by atoms with Gasteiger partial charge in [-0.15, -0.1) is 0 Å². The molecule has 168 valence electrons. The van der Waals surface area contributed by atoms with Crippen LogP contribution in [-0.2, 0) is 15.5 Å². The second-order valence-corrected chi connectivity index (χ2v) is 10.9. The van der Waals surface area contributed by atoms with Crippen molar-refractivity contribution in [2.24, 2.45) is 4.99 Å². The molecule has 0 bridgehead atoms. The highest BCUT2D eigenvalue weighted by atomic mass is 32.2. The summed E-state index contributed by atoms with van der Waals surface area (Å²) in [5.74, 6) is 1.71. The fourth-order valence-corrected chi connectivity index (χ4v) is 6.66. The first kappa shape index (κ1) is 23.0. The van der Waals surface area contributed by atoms with Crippen molar-refractivity contribution in [3.05, 3.63) is 0 Å². The number of morpholine rings is 1. The Morgan fingerprint density at radius 1 is 1.14 bits per heavy atom. The minimum atomic E-state index is -0.689. The van der Waals surface area contributed by atoms with E-state index in [-0.39, 0.29) is 5.54 Å². The molecule has 7 heteroatoms. The quantitative estimate of drug-likeness (QED) is 0.484. The van der Waals surface area contributed by atoms with E-state index in [9.17, 15) is 4.21 Å². The van der Waals surface area contributed by atoms with Crippen LogP contribution in [0.15, 0.2) is 4.99 Å². The van der Waals surface area contributed by atoms with Crippen LogP contribution >= 0.6 is 0 Å². The molecule has 3 fully saturated rings. The maximum Gasteiger partial charge on any atom is 0.191 e. The van der Waals surface area contributed by atoms with Crippen molar-refractivity contribution in [1.29, 1.82) is 0 Å². The molecule has 2 saturated carbocycles. The van der Waals surface area contributed by atoms with Crippen molar-refractivity contribution in [2.45, 2.75) is 88.5 Å². The molecule has 0 spiro atoms. The number of hydrogen-bond donors (Lipinski definition) is 2. The zero-order valence-electron chi connectivity index (χ0n) is 18.6. The third kappa shape index (κ3) is 6.41. The minimum Gasteiger partial charge on any atom is -0.379 e. The number of nitrogens with zero attached hydrogens (tertiary/aromatic N) is 2. The van der Waals surface area contributed by atoms with Gasteiger partial charge in [-0.25, -0.2) is 0 Å². The Labute approximate surface area is 180 Å². The summed E-state index contributed by atoms with van der Waals surface area (Å²) in [4.78, 5) is 7.76. The highest BCUT2D eigenvalue weighted by Crippen LogP contribution is 2.34. The number of hydrogen-bond acceptors (Lipinski definition) is 4. The average Bonchev–Trinajstić information content (AvgIpc) is 2.78. The summed E-state index contributed by atoms with van der Waals surface area (Å²) in [6.45, 7) is 9.66. The molecule has 3 atom stereocenters. The van der Waals surface area contributed by atoms with E-state index in [1.165, 1.54) is 32.1 Å². The summed E-state index contributed by atoms with van der Waals surface area (Å²) in [5, 5.41) is 7.49. The highest BCUT2D eigenvalue weighted by molar-refractivity contribution is 7.85. The molecule has 2 N–H and O–H groups in total. The summed E-state index contributed by atoms with van der Waals surface area (Å²) in [6, 6.07) is 0.382. The van der Waals surface area contributed by atoms with Gasteiger partial charge in [-0.2, -0.15) is 0 Å². The van der Waals surface area contributed by atoms with Crippen molar-refractivity contribution in [1.82, 2.24) is 15.5 Å². The highest BCUT2D eigenvalue weighted by Gasteiger charge is 2.38.